The fraction of sp³-hybridized carbons (Fsp3) is 0.526. The van der Waals surface area contributed by atoms with E-state index in [1.54, 1.807) is 24.3 Å². The number of piperidine rings is 1. The van der Waals surface area contributed by atoms with E-state index in [9.17, 15) is 14.4 Å². The van der Waals surface area contributed by atoms with Crippen LogP contribution in [0.5, 0.6) is 0 Å². The molecule has 2 heterocycles. The highest BCUT2D eigenvalue weighted by Crippen LogP contribution is 2.18. The molecule has 3 rings (SSSR count). The number of likely N-dealkylation sites (tertiary alicyclic amines) is 1. The Morgan fingerprint density at radius 1 is 1.18 bits per heavy atom. The van der Waals surface area contributed by atoms with Crippen LogP contribution in [0.4, 0.5) is 5.69 Å². The number of thioether (sulfide) groups is 1. The fourth-order valence-corrected chi connectivity index (χ4v) is 4.39. The van der Waals surface area contributed by atoms with Crippen LogP contribution in [0, 0.1) is 5.92 Å². The normalized spacial score (nSPS) is 20.1. The molecule has 0 bridgehead atoms. The zero-order chi connectivity index (χ0) is 19.2. The number of carboxylic acid groups (broad SMARTS) is 1. The van der Waals surface area contributed by atoms with E-state index < -0.39 is 11.9 Å². The third-order valence-corrected chi connectivity index (χ3v) is 5.86. The van der Waals surface area contributed by atoms with Gasteiger partial charge in [-0.3, -0.25) is 19.3 Å². The van der Waals surface area contributed by atoms with Crippen LogP contribution in [0.1, 0.15) is 23.2 Å². The molecule has 28 heavy (non-hydrogen) atoms. The van der Waals surface area contributed by atoms with Gasteiger partial charge in [-0.2, -0.15) is 11.8 Å². The molecule has 154 valence electrons. The van der Waals surface area contributed by atoms with E-state index in [0.717, 1.165) is 37.6 Å². The Morgan fingerprint density at radius 3 is 2.64 bits per heavy atom. The Labute approximate surface area is 175 Å². The van der Waals surface area contributed by atoms with Gasteiger partial charge in [-0.15, -0.1) is 12.4 Å². The predicted octanol–water partition coefficient (Wildman–Crippen LogP) is 2.03. The molecular formula is C19H26ClN3O4S. The maximum Gasteiger partial charge on any atom is 0.307 e. The Hall–Kier alpha value is -1.77. The quantitative estimate of drug-likeness (QED) is 0.747. The molecule has 2 N–H and O–H groups in total. The summed E-state index contributed by atoms with van der Waals surface area (Å²) >= 11 is 1.85. The summed E-state index contributed by atoms with van der Waals surface area (Å²) in [7, 11) is 0. The molecule has 2 aliphatic heterocycles. The van der Waals surface area contributed by atoms with Crippen molar-refractivity contribution in [2.75, 3.05) is 49.5 Å². The summed E-state index contributed by atoms with van der Waals surface area (Å²) in [5.74, 6) is 0.495. The number of anilines is 1. The van der Waals surface area contributed by atoms with Gasteiger partial charge in [-0.1, -0.05) is 6.07 Å². The van der Waals surface area contributed by atoms with Crippen LogP contribution in [-0.4, -0.2) is 76.9 Å². The molecule has 1 aromatic carbocycles. The molecule has 2 aliphatic rings. The van der Waals surface area contributed by atoms with E-state index in [1.165, 1.54) is 0 Å². The molecule has 0 radical (unpaired) electrons. The van der Waals surface area contributed by atoms with Crippen LogP contribution in [0.15, 0.2) is 24.3 Å². The van der Waals surface area contributed by atoms with Crippen molar-refractivity contribution in [3.63, 3.8) is 0 Å². The number of halogens is 1. The van der Waals surface area contributed by atoms with Crippen LogP contribution in [0.25, 0.3) is 0 Å². The predicted molar refractivity (Wildman–Crippen MR) is 112 cm³/mol. The Balaban J connectivity index is 0.00000280. The molecule has 7 nitrogen and oxygen atoms in total. The minimum atomic E-state index is -0.803. The van der Waals surface area contributed by atoms with E-state index in [2.05, 4.69) is 5.32 Å². The maximum absolute atomic E-state index is 12.6. The van der Waals surface area contributed by atoms with Crippen molar-refractivity contribution in [1.82, 2.24) is 9.80 Å². The number of carboxylic acids is 1. The van der Waals surface area contributed by atoms with Gasteiger partial charge < -0.3 is 15.3 Å². The zero-order valence-electron chi connectivity index (χ0n) is 15.6. The van der Waals surface area contributed by atoms with Crippen molar-refractivity contribution >= 4 is 47.6 Å². The first kappa shape index (κ1) is 22.5. The second-order valence-corrected chi connectivity index (χ2v) is 8.17. The van der Waals surface area contributed by atoms with E-state index in [1.807, 2.05) is 21.6 Å². The lowest BCUT2D eigenvalue weighted by atomic mass is 9.98. The molecule has 0 aromatic heterocycles. The molecule has 9 heteroatoms. The second kappa shape index (κ2) is 10.7. The molecule has 1 unspecified atom stereocenters. The zero-order valence-corrected chi connectivity index (χ0v) is 17.3. The molecule has 0 spiro atoms. The summed E-state index contributed by atoms with van der Waals surface area (Å²) in [6.45, 7) is 2.78. The Morgan fingerprint density at radius 2 is 1.93 bits per heavy atom. The number of aliphatic carboxylic acids is 1. The van der Waals surface area contributed by atoms with Crippen LogP contribution in [0.2, 0.25) is 0 Å². The van der Waals surface area contributed by atoms with Crippen LogP contribution >= 0.6 is 24.2 Å². The molecule has 1 aromatic rings. The van der Waals surface area contributed by atoms with Gasteiger partial charge in [0, 0.05) is 42.4 Å². The number of benzene rings is 1. The number of hydrogen-bond acceptors (Lipinski definition) is 5. The van der Waals surface area contributed by atoms with Crippen molar-refractivity contribution in [3.05, 3.63) is 29.8 Å². The van der Waals surface area contributed by atoms with Crippen molar-refractivity contribution in [2.45, 2.75) is 12.8 Å². The third-order valence-electron chi connectivity index (χ3n) is 4.91. The summed E-state index contributed by atoms with van der Waals surface area (Å²) < 4.78 is 0. The first-order valence-electron chi connectivity index (χ1n) is 9.25. The number of hydrogen-bond donors (Lipinski definition) is 2. The smallest absolute Gasteiger partial charge is 0.307 e. The Bertz CT molecular complexity index is 712. The average molecular weight is 428 g/mol. The topological polar surface area (TPSA) is 90.0 Å². The number of amides is 2. The van der Waals surface area contributed by atoms with E-state index in [4.69, 9.17) is 5.11 Å². The monoisotopic (exact) mass is 427 g/mol. The lowest BCUT2D eigenvalue weighted by Crippen LogP contribution is -2.42. The Kier molecular flexibility index (Phi) is 8.59. The van der Waals surface area contributed by atoms with Crippen molar-refractivity contribution in [1.29, 1.82) is 0 Å². The van der Waals surface area contributed by atoms with Crippen molar-refractivity contribution in [3.8, 4) is 0 Å². The minimum absolute atomic E-state index is 0. The largest absolute Gasteiger partial charge is 0.481 e. The van der Waals surface area contributed by atoms with E-state index in [0.29, 0.717) is 24.2 Å². The minimum Gasteiger partial charge on any atom is -0.481 e. The summed E-state index contributed by atoms with van der Waals surface area (Å²) in [6, 6.07) is 7.00. The van der Waals surface area contributed by atoms with Gasteiger partial charge >= 0.3 is 5.97 Å². The summed E-state index contributed by atoms with van der Waals surface area (Å²) in [5, 5.41) is 12.0. The third kappa shape index (κ3) is 6.12. The number of carbonyl (C=O) groups is 3. The van der Waals surface area contributed by atoms with Crippen molar-refractivity contribution < 1.29 is 19.5 Å². The van der Waals surface area contributed by atoms with Gasteiger partial charge in [0.25, 0.3) is 5.91 Å². The van der Waals surface area contributed by atoms with Gasteiger partial charge in [0.2, 0.25) is 5.91 Å². The fourth-order valence-electron chi connectivity index (χ4n) is 3.48. The van der Waals surface area contributed by atoms with Gasteiger partial charge in [0.05, 0.1) is 12.5 Å². The molecular weight excluding hydrogens is 402 g/mol. The van der Waals surface area contributed by atoms with Gasteiger partial charge in [0.15, 0.2) is 0 Å². The summed E-state index contributed by atoms with van der Waals surface area (Å²) in [6.07, 6.45) is 1.44. The molecule has 1 atom stereocenters. The van der Waals surface area contributed by atoms with E-state index in [-0.39, 0.29) is 30.8 Å². The van der Waals surface area contributed by atoms with Crippen LogP contribution in [0.3, 0.4) is 0 Å². The SMILES string of the molecule is Cl.O=C(CN1CCCC(C(=O)O)C1)Nc1cccc(C(=O)N2CCSCC2)c1. The number of nitrogens with one attached hydrogen (secondary N) is 1. The lowest BCUT2D eigenvalue weighted by molar-refractivity contribution is -0.144. The van der Waals surface area contributed by atoms with E-state index >= 15 is 0 Å². The number of nitrogens with zero attached hydrogens (tertiary/aromatic N) is 2. The molecule has 2 fully saturated rings. The summed E-state index contributed by atoms with van der Waals surface area (Å²) in [5.41, 5.74) is 1.16. The maximum atomic E-state index is 12.6. The highest BCUT2D eigenvalue weighted by Gasteiger charge is 2.26. The highest BCUT2D eigenvalue weighted by atomic mass is 35.5. The lowest BCUT2D eigenvalue weighted by Gasteiger charge is -2.30. The summed E-state index contributed by atoms with van der Waals surface area (Å²) in [4.78, 5) is 39.8. The molecule has 2 amide bonds. The number of carbonyl (C=O) groups excluding carboxylic acids is 2. The van der Waals surface area contributed by atoms with Gasteiger partial charge in [0.1, 0.15) is 0 Å². The first-order valence-corrected chi connectivity index (χ1v) is 10.4. The highest BCUT2D eigenvalue weighted by molar-refractivity contribution is 7.99. The molecule has 0 aliphatic carbocycles. The van der Waals surface area contributed by atoms with Gasteiger partial charge in [-0.05, 0) is 37.6 Å². The van der Waals surface area contributed by atoms with Crippen LogP contribution < -0.4 is 5.32 Å². The second-order valence-electron chi connectivity index (χ2n) is 6.95. The average Bonchev–Trinajstić information content (AvgIpc) is 2.68. The van der Waals surface area contributed by atoms with Gasteiger partial charge in [-0.25, -0.2) is 0 Å². The van der Waals surface area contributed by atoms with Crippen LogP contribution in [-0.2, 0) is 9.59 Å². The molecule has 2 saturated heterocycles. The first-order chi connectivity index (χ1) is 13.0. The number of rotatable bonds is 5. The van der Waals surface area contributed by atoms with Crippen molar-refractivity contribution in [2.24, 2.45) is 5.92 Å². The molecule has 0 saturated carbocycles. The standard InChI is InChI=1S/C19H25N3O4S.ClH/c23-17(13-21-6-2-4-15(12-21)19(25)26)20-16-5-1-3-14(11-16)18(24)22-7-9-27-10-8-22;/h1,3,5,11,15H,2,4,6-10,12-13H2,(H,20,23)(H,25,26);1H.